The minimum absolute atomic E-state index is 0.247. The molecule has 0 aliphatic carbocycles. The lowest BCUT2D eigenvalue weighted by atomic mass is 9.89. The summed E-state index contributed by atoms with van der Waals surface area (Å²) in [6, 6.07) is 8.10. The number of hydrogen-bond donors (Lipinski definition) is 2. The molecule has 1 aliphatic rings. The lowest BCUT2D eigenvalue weighted by Crippen LogP contribution is -2.51. The fourth-order valence-electron chi connectivity index (χ4n) is 2.62. The van der Waals surface area contributed by atoms with Crippen LogP contribution in [0, 0.1) is 6.92 Å². The van der Waals surface area contributed by atoms with E-state index in [1.54, 1.807) is 0 Å². The first-order valence-corrected chi connectivity index (χ1v) is 6.85. The standard InChI is InChI=1S/C15H23N3O/c1-12-4-6-13(7-5-12)17-15(14(16)19)8-3-10-18(2)11-9-15/h4-7,17H,3,8-11H2,1-2H3,(H2,16,19). The smallest absolute Gasteiger partial charge is 0.243 e. The highest BCUT2D eigenvalue weighted by molar-refractivity contribution is 5.88. The van der Waals surface area contributed by atoms with Crippen molar-refractivity contribution < 1.29 is 4.79 Å². The first-order valence-electron chi connectivity index (χ1n) is 6.85. The van der Waals surface area contributed by atoms with Gasteiger partial charge in [-0.05, 0) is 51.9 Å². The number of nitrogens with one attached hydrogen (secondary N) is 1. The van der Waals surface area contributed by atoms with Crippen LogP contribution >= 0.6 is 0 Å². The van der Waals surface area contributed by atoms with E-state index in [4.69, 9.17) is 5.73 Å². The van der Waals surface area contributed by atoms with Gasteiger partial charge in [-0.3, -0.25) is 4.79 Å². The van der Waals surface area contributed by atoms with Crippen molar-refractivity contribution in [2.45, 2.75) is 31.7 Å². The first kappa shape index (κ1) is 13.9. The van der Waals surface area contributed by atoms with Crippen LogP contribution in [0.4, 0.5) is 5.69 Å². The van der Waals surface area contributed by atoms with Crippen LogP contribution in [0.1, 0.15) is 24.8 Å². The molecule has 1 aromatic carbocycles. The van der Waals surface area contributed by atoms with Gasteiger partial charge in [0.15, 0.2) is 0 Å². The van der Waals surface area contributed by atoms with Gasteiger partial charge in [0.05, 0.1) is 0 Å². The van der Waals surface area contributed by atoms with E-state index in [2.05, 4.69) is 17.3 Å². The molecule has 1 atom stereocenters. The van der Waals surface area contributed by atoms with Crippen molar-refractivity contribution in [1.29, 1.82) is 0 Å². The van der Waals surface area contributed by atoms with E-state index in [1.165, 1.54) is 5.56 Å². The summed E-state index contributed by atoms with van der Waals surface area (Å²) in [5.41, 5.74) is 7.24. The molecule has 19 heavy (non-hydrogen) atoms. The van der Waals surface area contributed by atoms with Crippen molar-refractivity contribution in [3.8, 4) is 0 Å². The number of carbonyl (C=O) groups excluding carboxylic acids is 1. The zero-order chi connectivity index (χ0) is 13.9. The van der Waals surface area contributed by atoms with Gasteiger partial charge in [-0.2, -0.15) is 0 Å². The highest BCUT2D eigenvalue weighted by Gasteiger charge is 2.37. The Morgan fingerprint density at radius 3 is 2.58 bits per heavy atom. The summed E-state index contributed by atoms with van der Waals surface area (Å²) in [5.74, 6) is -0.247. The molecule has 0 aromatic heterocycles. The maximum absolute atomic E-state index is 11.9. The van der Waals surface area contributed by atoms with Crippen molar-refractivity contribution in [3.63, 3.8) is 0 Å². The number of aryl methyl sites for hydroxylation is 1. The van der Waals surface area contributed by atoms with Gasteiger partial charge in [0.25, 0.3) is 0 Å². The van der Waals surface area contributed by atoms with Gasteiger partial charge >= 0.3 is 0 Å². The molecule has 0 bridgehead atoms. The zero-order valence-corrected chi connectivity index (χ0v) is 11.8. The number of amides is 1. The van der Waals surface area contributed by atoms with Gasteiger partial charge < -0.3 is 16.0 Å². The quantitative estimate of drug-likeness (QED) is 0.871. The van der Waals surface area contributed by atoms with E-state index in [9.17, 15) is 4.79 Å². The Morgan fingerprint density at radius 1 is 1.26 bits per heavy atom. The molecule has 1 saturated heterocycles. The number of benzene rings is 1. The van der Waals surface area contributed by atoms with E-state index < -0.39 is 5.54 Å². The Morgan fingerprint density at radius 2 is 1.95 bits per heavy atom. The third-order valence-electron chi connectivity index (χ3n) is 3.97. The van der Waals surface area contributed by atoms with Crippen molar-refractivity contribution in [1.82, 2.24) is 4.90 Å². The summed E-state index contributed by atoms with van der Waals surface area (Å²) < 4.78 is 0. The minimum atomic E-state index is -0.611. The third kappa shape index (κ3) is 3.26. The molecule has 1 aromatic rings. The fraction of sp³-hybridized carbons (Fsp3) is 0.533. The summed E-state index contributed by atoms with van der Waals surface area (Å²) in [6.07, 6.45) is 2.53. The first-order chi connectivity index (χ1) is 9.02. The number of rotatable bonds is 3. The predicted octanol–water partition coefficient (Wildman–Crippen LogP) is 1.75. The molecule has 0 saturated carbocycles. The number of anilines is 1. The highest BCUT2D eigenvalue weighted by Crippen LogP contribution is 2.27. The molecule has 1 heterocycles. The topological polar surface area (TPSA) is 58.4 Å². The van der Waals surface area contributed by atoms with Crippen LogP contribution in [0.2, 0.25) is 0 Å². The van der Waals surface area contributed by atoms with Crippen LogP contribution in [-0.2, 0) is 4.79 Å². The molecule has 4 nitrogen and oxygen atoms in total. The van der Waals surface area contributed by atoms with Gasteiger partial charge in [-0.15, -0.1) is 0 Å². The summed E-state index contributed by atoms with van der Waals surface area (Å²) in [6.45, 7) is 3.96. The third-order valence-corrected chi connectivity index (χ3v) is 3.97. The summed E-state index contributed by atoms with van der Waals surface area (Å²) >= 11 is 0. The minimum Gasteiger partial charge on any atom is -0.371 e. The van der Waals surface area contributed by atoms with E-state index in [1.807, 2.05) is 31.2 Å². The summed E-state index contributed by atoms with van der Waals surface area (Å²) in [5, 5.41) is 3.38. The maximum atomic E-state index is 11.9. The molecule has 1 amide bonds. The van der Waals surface area contributed by atoms with Gasteiger partial charge in [-0.25, -0.2) is 0 Å². The van der Waals surface area contributed by atoms with Gasteiger partial charge in [0.1, 0.15) is 5.54 Å². The van der Waals surface area contributed by atoms with E-state index in [0.29, 0.717) is 0 Å². The second kappa shape index (κ2) is 5.61. The Balaban J connectivity index is 2.19. The van der Waals surface area contributed by atoms with Gasteiger partial charge in [-0.1, -0.05) is 17.7 Å². The van der Waals surface area contributed by atoms with Crippen molar-refractivity contribution in [2.24, 2.45) is 5.73 Å². The number of hydrogen-bond acceptors (Lipinski definition) is 3. The summed E-state index contributed by atoms with van der Waals surface area (Å²) in [4.78, 5) is 14.2. The fourth-order valence-corrected chi connectivity index (χ4v) is 2.62. The lowest BCUT2D eigenvalue weighted by Gasteiger charge is -2.31. The van der Waals surface area contributed by atoms with Crippen molar-refractivity contribution >= 4 is 11.6 Å². The maximum Gasteiger partial charge on any atom is 0.243 e. The number of primary amides is 1. The van der Waals surface area contributed by atoms with Crippen LogP contribution < -0.4 is 11.1 Å². The Bertz CT molecular complexity index is 443. The zero-order valence-electron chi connectivity index (χ0n) is 11.8. The van der Waals surface area contributed by atoms with E-state index >= 15 is 0 Å². The average Bonchev–Trinajstić information content (AvgIpc) is 2.56. The monoisotopic (exact) mass is 261 g/mol. The van der Waals surface area contributed by atoms with Crippen molar-refractivity contribution in [3.05, 3.63) is 29.8 Å². The van der Waals surface area contributed by atoms with Crippen LogP contribution in [0.25, 0.3) is 0 Å². The largest absolute Gasteiger partial charge is 0.371 e. The molecule has 3 N–H and O–H groups in total. The predicted molar refractivity (Wildman–Crippen MR) is 78.1 cm³/mol. The van der Waals surface area contributed by atoms with Crippen LogP contribution in [0.5, 0.6) is 0 Å². The molecule has 1 aliphatic heterocycles. The SMILES string of the molecule is Cc1ccc(NC2(C(N)=O)CCCN(C)CC2)cc1. The van der Waals surface area contributed by atoms with Gasteiger partial charge in [0.2, 0.25) is 5.91 Å². The van der Waals surface area contributed by atoms with Crippen LogP contribution in [-0.4, -0.2) is 36.5 Å². The average molecular weight is 261 g/mol. The molecule has 0 spiro atoms. The normalized spacial score (nSPS) is 24.7. The molecular formula is C15H23N3O. The highest BCUT2D eigenvalue weighted by atomic mass is 16.1. The van der Waals surface area contributed by atoms with E-state index in [0.717, 1.165) is 38.0 Å². The molecule has 4 heteroatoms. The summed E-state index contributed by atoms with van der Waals surface area (Å²) in [7, 11) is 2.09. The molecular weight excluding hydrogens is 238 g/mol. The number of nitrogens with zero attached hydrogens (tertiary/aromatic N) is 1. The molecule has 1 fully saturated rings. The van der Waals surface area contributed by atoms with Crippen LogP contribution in [0.15, 0.2) is 24.3 Å². The molecule has 104 valence electrons. The number of nitrogens with two attached hydrogens (primary N) is 1. The second-order valence-electron chi connectivity index (χ2n) is 5.59. The molecule has 0 radical (unpaired) electrons. The Kier molecular flexibility index (Phi) is 4.10. The number of carbonyl (C=O) groups is 1. The molecule has 2 rings (SSSR count). The van der Waals surface area contributed by atoms with Crippen LogP contribution in [0.3, 0.4) is 0 Å². The molecule has 1 unspecified atom stereocenters. The van der Waals surface area contributed by atoms with Crippen molar-refractivity contribution in [2.75, 3.05) is 25.5 Å². The Hall–Kier alpha value is -1.55. The van der Waals surface area contributed by atoms with Gasteiger partial charge in [0, 0.05) is 12.2 Å². The van der Waals surface area contributed by atoms with E-state index in [-0.39, 0.29) is 5.91 Å². The number of likely N-dealkylation sites (tertiary alicyclic amines) is 1. The lowest BCUT2D eigenvalue weighted by molar-refractivity contribution is -0.122. The second-order valence-corrected chi connectivity index (χ2v) is 5.59. The Labute approximate surface area is 115 Å².